The summed E-state index contributed by atoms with van der Waals surface area (Å²) in [5.74, 6) is -0.148. The van der Waals surface area contributed by atoms with Crippen LogP contribution >= 0.6 is 23.2 Å². The lowest BCUT2D eigenvalue weighted by Crippen LogP contribution is -2.55. The van der Waals surface area contributed by atoms with E-state index in [-0.39, 0.29) is 30.0 Å². The predicted molar refractivity (Wildman–Crippen MR) is 90.9 cm³/mol. The van der Waals surface area contributed by atoms with Crippen molar-refractivity contribution in [2.45, 2.75) is 48.8 Å². The minimum atomic E-state index is -0.840. The summed E-state index contributed by atoms with van der Waals surface area (Å²) in [4.78, 5) is 12.6. The van der Waals surface area contributed by atoms with Crippen molar-refractivity contribution in [3.05, 3.63) is 34.9 Å². The molecule has 0 aromatic heterocycles. The summed E-state index contributed by atoms with van der Waals surface area (Å²) in [6.07, 6.45) is 2.72. The lowest BCUT2D eigenvalue weighted by Gasteiger charge is -2.36. The van der Waals surface area contributed by atoms with Crippen LogP contribution in [0.2, 0.25) is 0 Å². The molecule has 7 atom stereocenters. The number of carbonyl (C=O) groups excluding carboxylic acids is 1. The number of fused-ring (bicyclic) bond motifs is 4. The molecule has 25 heavy (non-hydrogen) atoms. The van der Waals surface area contributed by atoms with Crippen molar-refractivity contribution in [1.29, 1.82) is 0 Å². The van der Waals surface area contributed by atoms with Gasteiger partial charge in [0, 0.05) is 11.8 Å². The van der Waals surface area contributed by atoms with Crippen LogP contribution in [0.3, 0.4) is 0 Å². The highest BCUT2D eigenvalue weighted by molar-refractivity contribution is 6.19. The van der Waals surface area contributed by atoms with E-state index >= 15 is 0 Å². The Morgan fingerprint density at radius 1 is 1.12 bits per heavy atom. The molecule has 4 fully saturated rings. The molecule has 0 amide bonds. The van der Waals surface area contributed by atoms with Crippen LogP contribution in [0.5, 0.6) is 0 Å². The van der Waals surface area contributed by atoms with Gasteiger partial charge in [0.1, 0.15) is 12.2 Å². The molecule has 1 aromatic carbocycles. The molecule has 1 spiro atoms. The summed E-state index contributed by atoms with van der Waals surface area (Å²) in [7, 11) is 0. The maximum atomic E-state index is 12.6. The molecule has 5 aliphatic rings. The molecule has 4 saturated heterocycles. The van der Waals surface area contributed by atoms with Gasteiger partial charge in [0.2, 0.25) is 0 Å². The molecular formula is C19H18Cl2O4. The quantitative estimate of drug-likeness (QED) is 0.459. The second-order valence-electron chi connectivity index (χ2n) is 7.86. The number of cyclic esters (lactones) is 1. The second-order valence-corrected chi connectivity index (χ2v) is 8.48. The summed E-state index contributed by atoms with van der Waals surface area (Å²) in [5, 5.41) is 0. The van der Waals surface area contributed by atoms with Gasteiger partial charge in [-0.2, -0.15) is 0 Å². The Bertz CT molecular complexity index is 798. The average Bonchev–Trinajstić information content (AvgIpc) is 2.92. The third-order valence-electron chi connectivity index (χ3n) is 7.01. The van der Waals surface area contributed by atoms with Crippen molar-refractivity contribution < 1.29 is 19.0 Å². The molecule has 132 valence electrons. The number of halogens is 2. The van der Waals surface area contributed by atoms with E-state index in [9.17, 15) is 4.79 Å². The first-order valence-corrected chi connectivity index (χ1v) is 10.0. The monoisotopic (exact) mass is 380 g/mol. The fourth-order valence-corrected chi connectivity index (χ4v) is 6.67. The summed E-state index contributed by atoms with van der Waals surface area (Å²) in [6.45, 7) is 0. The second kappa shape index (κ2) is 4.72. The first-order chi connectivity index (χ1) is 12.2. The van der Waals surface area contributed by atoms with E-state index in [1.807, 2.05) is 0 Å². The summed E-state index contributed by atoms with van der Waals surface area (Å²) < 4.78 is 18.4. The number of alkyl halides is 2. The molecule has 0 unspecified atom stereocenters. The van der Waals surface area contributed by atoms with Gasteiger partial charge >= 0.3 is 5.97 Å². The Labute approximate surface area is 155 Å². The number of aryl methyl sites for hydroxylation is 2. The van der Waals surface area contributed by atoms with Crippen LogP contribution in [0.25, 0.3) is 0 Å². The van der Waals surface area contributed by atoms with Gasteiger partial charge in [0.15, 0.2) is 11.2 Å². The number of ether oxygens (including phenoxy) is 3. The molecule has 0 N–H and O–H groups in total. The normalized spacial score (nSPS) is 48.2. The van der Waals surface area contributed by atoms with Gasteiger partial charge in [-0.1, -0.05) is 18.2 Å². The first kappa shape index (κ1) is 15.3. The minimum Gasteiger partial charge on any atom is -0.458 e. The fraction of sp³-hybridized carbons (Fsp3) is 0.632. The topological polar surface area (TPSA) is 48.1 Å². The fourth-order valence-electron chi connectivity index (χ4n) is 6.03. The van der Waals surface area contributed by atoms with E-state index < -0.39 is 23.2 Å². The number of hydrogen-bond acceptors (Lipinski definition) is 4. The molecule has 2 bridgehead atoms. The van der Waals surface area contributed by atoms with E-state index in [0.717, 1.165) is 18.4 Å². The highest BCUT2D eigenvalue weighted by Gasteiger charge is 2.91. The van der Waals surface area contributed by atoms with Crippen molar-refractivity contribution in [2.24, 2.45) is 11.8 Å². The number of benzene rings is 1. The Kier molecular flexibility index (Phi) is 2.88. The zero-order valence-electron chi connectivity index (χ0n) is 13.5. The maximum absolute atomic E-state index is 12.6. The van der Waals surface area contributed by atoms with E-state index in [2.05, 4.69) is 18.2 Å². The number of rotatable bonds is 3. The summed E-state index contributed by atoms with van der Waals surface area (Å²) in [5.41, 5.74) is 2.45. The first-order valence-electron chi connectivity index (χ1n) is 8.97. The van der Waals surface area contributed by atoms with Crippen molar-refractivity contribution in [3.8, 4) is 0 Å². The van der Waals surface area contributed by atoms with Crippen molar-refractivity contribution in [1.82, 2.24) is 0 Å². The molecule has 1 aromatic rings. The Hall–Kier alpha value is -0.810. The number of hydrogen-bond donors (Lipinski definition) is 0. The minimum absolute atomic E-state index is 0.0628. The van der Waals surface area contributed by atoms with Gasteiger partial charge < -0.3 is 14.2 Å². The molecule has 4 nitrogen and oxygen atoms in total. The van der Waals surface area contributed by atoms with Crippen LogP contribution in [0.15, 0.2) is 18.2 Å². The molecular weight excluding hydrogens is 363 g/mol. The van der Waals surface area contributed by atoms with Crippen molar-refractivity contribution in [3.63, 3.8) is 0 Å². The van der Waals surface area contributed by atoms with E-state index in [1.165, 1.54) is 17.5 Å². The summed E-state index contributed by atoms with van der Waals surface area (Å²) in [6, 6.07) is 6.60. The number of epoxide rings is 1. The predicted octanol–water partition coefficient (Wildman–Crippen LogP) is 2.56. The smallest absolute Gasteiger partial charge is 0.313 e. The SMILES string of the molecule is O=C1O[C@H](CCl)[C@]23O[C@H]([C@H](CCl)[C@H]12)[C@H]1O[C@]13c1ccc2c(c1)CCC2. The van der Waals surface area contributed by atoms with Gasteiger partial charge in [-0.3, -0.25) is 4.79 Å². The molecule has 6 heteroatoms. The Morgan fingerprint density at radius 3 is 2.76 bits per heavy atom. The highest BCUT2D eigenvalue weighted by atomic mass is 35.5. The largest absolute Gasteiger partial charge is 0.458 e. The van der Waals surface area contributed by atoms with Crippen LogP contribution in [-0.4, -0.2) is 41.6 Å². The third kappa shape index (κ3) is 1.50. The molecule has 1 aliphatic carbocycles. The van der Waals surface area contributed by atoms with Crippen LogP contribution < -0.4 is 0 Å². The zero-order chi connectivity index (χ0) is 17.0. The van der Waals surface area contributed by atoms with Gasteiger partial charge in [0.05, 0.1) is 17.9 Å². The van der Waals surface area contributed by atoms with Gasteiger partial charge in [0.25, 0.3) is 0 Å². The van der Waals surface area contributed by atoms with E-state index in [1.54, 1.807) is 0 Å². The Morgan fingerprint density at radius 2 is 1.96 bits per heavy atom. The molecule has 4 heterocycles. The van der Waals surface area contributed by atoms with Gasteiger partial charge in [-0.15, -0.1) is 23.2 Å². The van der Waals surface area contributed by atoms with Crippen molar-refractivity contribution >= 4 is 29.2 Å². The zero-order valence-corrected chi connectivity index (χ0v) is 15.1. The van der Waals surface area contributed by atoms with Crippen LogP contribution in [0.4, 0.5) is 0 Å². The lowest BCUT2D eigenvalue weighted by atomic mass is 9.63. The molecule has 4 aliphatic heterocycles. The Balaban J connectivity index is 1.53. The lowest BCUT2D eigenvalue weighted by molar-refractivity contribution is -0.150. The molecule has 0 radical (unpaired) electrons. The standard InChI is InChI=1S/C19H18Cl2O4/c20-7-12-14-17(22)23-13(8-21)19(14)18(16(25-18)15(12)24-19)11-5-4-9-2-1-3-10(9)6-11/h4-6,12-16H,1-3,7-8H2/t12-,13-,14-,15-,16-,18-,19+/m1/s1. The summed E-state index contributed by atoms with van der Waals surface area (Å²) >= 11 is 12.4. The van der Waals surface area contributed by atoms with E-state index in [4.69, 9.17) is 37.4 Å². The van der Waals surface area contributed by atoms with E-state index in [0.29, 0.717) is 5.88 Å². The third-order valence-corrected chi connectivity index (χ3v) is 7.65. The van der Waals surface area contributed by atoms with Crippen molar-refractivity contribution in [2.75, 3.05) is 11.8 Å². The maximum Gasteiger partial charge on any atom is 0.313 e. The van der Waals surface area contributed by atoms with Gasteiger partial charge in [-0.05, 0) is 36.0 Å². The van der Waals surface area contributed by atoms with Crippen LogP contribution in [-0.2, 0) is 37.4 Å². The van der Waals surface area contributed by atoms with Crippen LogP contribution in [0.1, 0.15) is 23.1 Å². The highest BCUT2D eigenvalue weighted by Crippen LogP contribution is 2.75. The average molecular weight is 381 g/mol. The number of carbonyl (C=O) groups is 1. The molecule has 6 rings (SSSR count). The van der Waals surface area contributed by atoms with Crippen LogP contribution in [0, 0.1) is 11.8 Å². The molecule has 0 saturated carbocycles. The number of esters is 1. The van der Waals surface area contributed by atoms with Gasteiger partial charge in [-0.25, -0.2) is 0 Å².